The maximum Gasteiger partial charge on any atom is 0.247 e. The Morgan fingerprint density at radius 2 is 1.83 bits per heavy atom. The average Bonchev–Trinajstić information content (AvgIpc) is 3.57. The van der Waals surface area contributed by atoms with Gasteiger partial charge < -0.3 is 24.0 Å². The molecule has 0 aliphatic carbocycles. The van der Waals surface area contributed by atoms with Crippen molar-refractivity contribution in [1.29, 1.82) is 0 Å². The fraction of sp³-hybridized carbons (Fsp3) is 0.259. The van der Waals surface area contributed by atoms with E-state index in [0.29, 0.717) is 37.7 Å². The van der Waals surface area contributed by atoms with Crippen LogP contribution in [0.3, 0.4) is 0 Å². The summed E-state index contributed by atoms with van der Waals surface area (Å²) in [5.74, 6) is 0.993. The van der Waals surface area contributed by atoms with Crippen LogP contribution < -0.4 is 9.47 Å². The largest absolute Gasteiger partial charge is 0.454 e. The lowest BCUT2D eigenvalue weighted by Gasteiger charge is -2.27. The molecule has 1 aliphatic heterocycles. The molecule has 0 N–H and O–H groups in total. The Morgan fingerprint density at radius 1 is 1.00 bits per heavy atom. The fourth-order valence-electron chi connectivity index (χ4n) is 3.65. The van der Waals surface area contributed by atoms with Crippen molar-refractivity contribution in [2.75, 3.05) is 33.6 Å². The molecule has 0 saturated heterocycles. The van der Waals surface area contributed by atoms with Gasteiger partial charge in [0.25, 0.3) is 0 Å². The first-order valence-electron chi connectivity index (χ1n) is 11.3. The molecule has 2 heterocycles. The second kappa shape index (κ2) is 12.2. The maximum absolute atomic E-state index is 13.5. The van der Waals surface area contributed by atoms with Gasteiger partial charge in [-0.1, -0.05) is 42.5 Å². The molecule has 0 atom stereocenters. The van der Waals surface area contributed by atoms with E-state index in [4.69, 9.17) is 14.2 Å². The third-order valence-electron chi connectivity index (χ3n) is 5.51. The molecule has 0 radical (unpaired) electrons. The number of benzene rings is 2. The second-order valence-electron chi connectivity index (χ2n) is 8.01. The van der Waals surface area contributed by atoms with E-state index < -0.39 is 0 Å². The normalized spacial score (nSPS) is 12.1. The lowest BCUT2D eigenvalue weighted by Crippen LogP contribution is -2.43. The van der Waals surface area contributed by atoms with E-state index in [1.807, 2.05) is 66.0 Å². The lowest BCUT2D eigenvalue weighted by molar-refractivity contribution is -0.139. The van der Waals surface area contributed by atoms with E-state index in [-0.39, 0.29) is 25.2 Å². The molecule has 0 unspecified atom stereocenters. The van der Waals surface area contributed by atoms with Crippen molar-refractivity contribution in [3.63, 3.8) is 0 Å². The fourth-order valence-corrected chi connectivity index (χ4v) is 4.37. The molecule has 7 nitrogen and oxygen atoms in total. The van der Waals surface area contributed by atoms with Gasteiger partial charge in [0.1, 0.15) is 6.54 Å². The summed E-state index contributed by atoms with van der Waals surface area (Å²) in [6, 6.07) is 19.2. The summed E-state index contributed by atoms with van der Waals surface area (Å²) in [4.78, 5) is 30.8. The molecular weight excluding hydrogens is 464 g/mol. The first-order chi connectivity index (χ1) is 17.1. The molecule has 1 aliphatic rings. The van der Waals surface area contributed by atoms with E-state index in [1.165, 1.54) is 11.0 Å². The van der Waals surface area contributed by atoms with E-state index in [2.05, 4.69) is 0 Å². The van der Waals surface area contributed by atoms with Gasteiger partial charge in [0.05, 0.1) is 13.2 Å². The van der Waals surface area contributed by atoms with Crippen LogP contribution >= 0.6 is 11.3 Å². The lowest BCUT2D eigenvalue weighted by atomic mass is 10.2. The maximum atomic E-state index is 13.5. The van der Waals surface area contributed by atoms with Crippen LogP contribution in [0.2, 0.25) is 0 Å². The van der Waals surface area contributed by atoms with Crippen LogP contribution in [0.25, 0.3) is 6.08 Å². The minimum Gasteiger partial charge on any atom is -0.454 e. The number of methoxy groups -OCH3 is 1. The number of hydrogen-bond acceptors (Lipinski definition) is 6. The van der Waals surface area contributed by atoms with Crippen molar-refractivity contribution >= 4 is 29.2 Å². The van der Waals surface area contributed by atoms with Gasteiger partial charge in [-0.2, -0.15) is 0 Å². The molecule has 3 aromatic rings. The zero-order valence-electron chi connectivity index (χ0n) is 19.6. The summed E-state index contributed by atoms with van der Waals surface area (Å²) in [5, 5.41) is 1.99. The van der Waals surface area contributed by atoms with Crippen molar-refractivity contribution in [1.82, 2.24) is 9.80 Å². The van der Waals surface area contributed by atoms with Crippen LogP contribution in [0, 0.1) is 0 Å². The quantitative estimate of drug-likeness (QED) is 0.376. The molecule has 8 heteroatoms. The summed E-state index contributed by atoms with van der Waals surface area (Å²) in [7, 11) is 1.58. The Hall–Kier alpha value is -3.62. The van der Waals surface area contributed by atoms with Crippen molar-refractivity contribution in [2.45, 2.75) is 13.1 Å². The summed E-state index contributed by atoms with van der Waals surface area (Å²) >= 11 is 1.59. The van der Waals surface area contributed by atoms with Crippen molar-refractivity contribution in [3.05, 3.63) is 88.1 Å². The number of carbonyl (C=O) groups excluding carboxylic acids is 2. The Balaban J connectivity index is 1.49. The van der Waals surface area contributed by atoms with Gasteiger partial charge in [-0.3, -0.25) is 9.59 Å². The smallest absolute Gasteiger partial charge is 0.247 e. The van der Waals surface area contributed by atoms with Gasteiger partial charge in [0.15, 0.2) is 11.5 Å². The molecule has 2 amide bonds. The van der Waals surface area contributed by atoms with E-state index >= 15 is 0 Å². The molecule has 0 bridgehead atoms. The number of thiophene rings is 1. The van der Waals surface area contributed by atoms with Gasteiger partial charge >= 0.3 is 0 Å². The van der Waals surface area contributed by atoms with Gasteiger partial charge in [0.2, 0.25) is 18.6 Å². The van der Waals surface area contributed by atoms with Crippen LogP contribution in [-0.2, 0) is 27.4 Å². The zero-order chi connectivity index (χ0) is 24.5. The van der Waals surface area contributed by atoms with E-state index in [1.54, 1.807) is 29.4 Å². The van der Waals surface area contributed by atoms with Crippen LogP contribution in [-0.4, -0.2) is 55.2 Å². The van der Waals surface area contributed by atoms with E-state index in [0.717, 1.165) is 16.0 Å². The summed E-state index contributed by atoms with van der Waals surface area (Å²) in [6.07, 6.45) is 3.25. The van der Waals surface area contributed by atoms with Crippen molar-refractivity contribution < 1.29 is 23.8 Å². The Bertz CT molecular complexity index is 1150. The zero-order valence-corrected chi connectivity index (χ0v) is 20.4. The Kier molecular flexibility index (Phi) is 8.53. The van der Waals surface area contributed by atoms with Crippen LogP contribution in [0.5, 0.6) is 11.5 Å². The molecule has 35 heavy (non-hydrogen) atoms. The number of ether oxygens (including phenoxy) is 3. The van der Waals surface area contributed by atoms with Gasteiger partial charge in [-0.05, 0) is 40.8 Å². The topological polar surface area (TPSA) is 68.3 Å². The van der Waals surface area contributed by atoms with Gasteiger partial charge in [-0.15, -0.1) is 11.3 Å². The van der Waals surface area contributed by atoms with Crippen molar-refractivity contribution in [3.8, 4) is 11.5 Å². The second-order valence-corrected chi connectivity index (χ2v) is 9.05. The van der Waals surface area contributed by atoms with Gasteiger partial charge in [-0.25, -0.2) is 0 Å². The highest BCUT2D eigenvalue weighted by atomic mass is 32.1. The number of nitrogens with zero attached hydrogens (tertiary/aromatic N) is 2. The minimum atomic E-state index is -0.238. The highest BCUT2D eigenvalue weighted by Crippen LogP contribution is 2.33. The van der Waals surface area contributed by atoms with Crippen molar-refractivity contribution in [2.24, 2.45) is 0 Å². The van der Waals surface area contributed by atoms with Crippen LogP contribution in [0.1, 0.15) is 16.0 Å². The highest BCUT2D eigenvalue weighted by molar-refractivity contribution is 7.09. The molecule has 0 fully saturated rings. The van der Waals surface area contributed by atoms with Crippen LogP contribution in [0.4, 0.5) is 0 Å². The summed E-state index contributed by atoms with van der Waals surface area (Å²) in [5.41, 5.74) is 1.85. The number of amides is 2. The standard InChI is InChI=1S/C27H28N2O5S/c1-32-14-13-28(26(30)12-10-21-6-3-2-4-7-21)19-27(31)29(18-23-8-5-15-35-23)17-22-9-11-24-25(16-22)34-20-33-24/h2-12,15-16H,13-14,17-20H2,1H3. The Labute approximate surface area is 209 Å². The number of rotatable bonds is 11. The molecule has 0 saturated carbocycles. The molecular formula is C27H28N2O5S. The summed E-state index contributed by atoms with van der Waals surface area (Å²) in [6.45, 7) is 1.65. The third kappa shape index (κ3) is 6.94. The minimum absolute atomic E-state index is 0.0444. The number of carbonyl (C=O) groups is 2. The molecule has 0 spiro atoms. The number of fused-ring (bicyclic) bond motifs is 1. The molecule has 4 rings (SSSR count). The monoisotopic (exact) mass is 492 g/mol. The summed E-state index contributed by atoms with van der Waals surface area (Å²) < 4.78 is 16.1. The number of hydrogen-bond donors (Lipinski definition) is 0. The SMILES string of the molecule is COCCN(CC(=O)N(Cc1ccc2c(c1)OCO2)Cc1cccs1)C(=O)C=Cc1ccccc1. The first kappa shape index (κ1) is 24.5. The molecule has 2 aromatic carbocycles. The van der Waals surface area contributed by atoms with Gasteiger partial charge in [0, 0.05) is 31.2 Å². The highest BCUT2D eigenvalue weighted by Gasteiger charge is 2.22. The predicted molar refractivity (Wildman–Crippen MR) is 135 cm³/mol. The van der Waals surface area contributed by atoms with Crippen LogP contribution in [0.15, 0.2) is 72.1 Å². The predicted octanol–water partition coefficient (Wildman–Crippen LogP) is 4.19. The molecule has 182 valence electrons. The first-order valence-corrected chi connectivity index (χ1v) is 12.2. The van der Waals surface area contributed by atoms with E-state index in [9.17, 15) is 9.59 Å². The Morgan fingerprint density at radius 3 is 2.60 bits per heavy atom. The average molecular weight is 493 g/mol. The molecule has 1 aromatic heterocycles. The third-order valence-corrected chi connectivity index (χ3v) is 6.37.